The van der Waals surface area contributed by atoms with E-state index in [-0.39, 0.29) is 24.1 Å². The van der Waals surface area contributed by atoms with Gasteiger partial charge >= 0.3 is 11.9 Å². The maximum absolute atomic E-state index is 12.0. The first kappa shape index (κ1) is 42.8. The molecule has 0 bridgehead atoms. The number of esters is 2. The fourth-order valence-corrected chi connectivity index (χ4v) is 5.23. The minimum Gasteiger partial charge on any atom is -0.463 e. The van der Waals surface area contributed by atoms with Gasteiger partial charge in [-0.15, -0.1) is 0 Å². The Balaban J connectivity index is 3.37. The smallest absolute Gasteiger partial charge is 0.307 e. The van der Waals surface area contributed by atoms with Crippen LogP contribution in [0, 0.1) is 0 Å². The second kappa shape index (κ2) is 34.6. The normalized spacial score (nSPS) is 12.7. The largest absolute Gasteiger partial charge is 0.463 e. The molecular formula is C36H74N4O4. The fourth-order valence-electron chi connectivity index (χ4n) is 5.23. The fraction of sp³-hybridized carbons (Fsp3) is 0.944. The minimum absolute atomic E-state index is 0.0199. The van der Waals surface area contributed by atoms with Crippen LogP contribution in [-0.4, -0.2) is 76.5 Å². The lowest BCUT2D eigenvalue weighted by Gasteiger charge is -2.13. The summed E-state index contributed by atoms with van der Waals surface area (Å²) < 4.78 is 11.1. The molecule has 0 rings (SSSR count). The molecule has 0 aliphatic rings. The molecule has 0 heterocycles. The van der Waals surface area contributed by atoms with E-state index >= 15 is 0 Å². The molecule has 0 radical (unpaired) electrons. The molecule has 0 aromatic heterocycles. The van der Waals surface area contributed by atoms with Crippen molar-refractivity contribution >= 4 is 11.9 Å². The number of ether oxygens (including phenoxy) is 2. The van der Waals surface area contributed by atoms with Gasteiger partial charge in [0.1, 0.15) is 0 Å². The average Bonchev–Trinajstić information content (AvgIpc) is 2.99. The zero-order valence-electron chi connectivity index (χ0n) is 29.6. The first-order valence-corrected chi connectivity index (χ1v) is 18.7. The van der Waals surface area contributed by atoms with Crippen LogP contribution in [-0.2, 0) is 19.1 Å². The molecule has 262 valence electrons. The predicted molar refractivity (Wildman–Crippen MR) is 186 cm³/mol. The molecule has 0 aliphatic carbocycles. The standard InChI is InChI=1S/C36H74N4O4/c1-5-7-9-11-13-15-17-19-21-33(3)43-35(41)23-25-37-27-29-39-31-32-40-30-28-38-26-24-36(42)44-34(4)22-20-18-16-14-12-10-8-6-2/h33-34,37-40H,5-32H2,1-4H3. The molecule has 0 amide bonds. The molecule has 4 N–H and O–H groups in total. The van der Waals surface area contributed by atoms with Crippen LogP contribution in [0.2, 0.25) is 0 Å². The van der Waals surface area contributed by atoms with Gasteiger partial charge in [0.15, 0.2) is 0 Å². The van der Waals surface area contributed by atoms with E-state index in [1.165, 1.54) is 89.9 Å². The molecule has 0 fully saturated rings. The molecule has 44 heavy (non-hydrogen) atoms. The molecule has 0 saturated heterocycles. The molecule has 2 atom stereocenters. The third-order valence-corrected chi connectivity index (χ3v) is 8.04. The van der Waals surface area contributed by atoms with Crippen LogP contribution in [0.5, 0.6) is 0 Å². The summed E-state index contributed by atoms with van der Waals surface area (Å²) >= 11 is 0. The summed E-state index contributed by atoms with van der Waals surface area (Å²) in [5.41, 5.74) is 0. The third kappa shape index (κ3) is 33.7. The highest BCUT2D eigenvalue weighted by molar-refractivity contribution is 5.70. The summed E-state index contributed by atoms with van der Waals surface area (Å²) in [5.74, 6) is -0.202. The van der Waals surface area contributed by atoms with Gasteiger partial charge in [0.05, 0.1) is 25.0 Å². The van der Waals surface area contributed by atoms with Crippen molar-refractivity contribution in [2.45, 2.75) is 168 Å². The molecule has 0 spiro atoms. The van der Waals surface area contributed by atoms with Crippen molar-refractivity contribution in [2.24, 2.45) is 0 Å². The maximum Gasteiger partial charge on any atom is 0.307 e. The second-order valence-corrected chi connectivity index (χ2v) is 12.6. The summed E-state index contributed by atoms with van der Waals surface area (Å²) in [7, 11) is 0. The van der Waals surface area contributed by atoms with E-state index in [1.807, 2.05) is 13.8 Å². The van der Waals surface area contributed by atoms with Gasteiger partial charge in [-0.25, -0.2) is 0 Å². The minimum atomic E-state index is -0.101. The average molecular weight is 627 g/mol. The van der Waals surface area contributed by atoms with E-state index in [0.717, 1.165) is 65.0 Å². The van der Waals surface area contributed by atoms with Crippen molar-refractivity contribution in [3.05, 3.63) is 0 Å². The van der Waals surface area contributed by atoms with Crippen molar-refractivity contribution in [3.63, 3.8) is 0 Å². The highest BCUT2D eigenvalue weighted by atomic mass is 16.5. The van der Waals surface area contributed by atoms with Crippen LogP contribution < -0.4 is 21.3 Å². The molecule has 2 unspecified atom stereocenters. The lowest BCUT2D eigenvalue weighted by molar-refractivity contribution is -0.149. The summed E-state index contributed by atoms with van der Waals surface area (Å²) in [5, 5.41) is 13.4. The number of carbonyl (C=O) groups is 2. The van der Waals surface area contributed by atoms with Crippen molar-refractivity contribution in [1.29, 1.82) is 0 Å². The van der Waals surface area contributed by atoms with E-state index < -0.39 is 0 Å². The van der Waals surface area contributed by atoms with Crippen molar-refractivity contribution < 1.29 is 19.1 Å². The lowest BCUT2D eigenvalue weighted by Crippen LogP contribution is -2.35. The molecular weight excluding hydrogens is 552 g/mol. The molecule has 0 saturated carbocycles. The van der Waals surface area contributed by atoms with Crippen molar-refractivity contribution in [2.75, 3.05) is 52.4 Å². The SMILES string of the molecule is CCCCCCCCCCC(C)OC(=O)CCNCCNCCNCCNCCC(=O)OC(C)CCCCCCCCCC. The van der Waals surface area contributed by atoms with Crippen LogP contribution in [0.1, 0.15) is 156 Å². The highest BCUT2D eigenvalue weighted by Crippen LogP contribution is 2.13. The topological polar surface area (TPSA) is 101 Å². The Labute approximate surface area is 272 Å². The van der Waals surface area contributed by atoms with Crippen LogP contribution in [0.3, 0.4) is 0 Å². The van der Waals surface area contributed by atoms with E-state index in [0.29, 0.717) is 25.9 Å². The van der Waals surface area contributed by atoms with Gasteiger partial charge in [-0.2, -0.15) is 0 Å². The van der Waals surface area contributed by atoms with Crippen molar-refractivity contribution in [1.82, 2.24) is 21.3 Å². The van der Waals surface area contributed by atoms with E-state index in [9.17, 15) is 9.59 Å². The summed E-state index contributed by atoms with van der Waals surface area (Å²) in [6, 6.07) is 0. The second-order valence-electron chi connectivity index (χ2n) is 12.6. The zero-order chi connectivity index (χ0) is 32.4. The number of hydrogen-bond donors (Lipinski definition) is 4. The Morgan fingerprint density at radius 2 is 0.705 bits per heavy atom. The number of rotatable bonds is 35. The Hall–Kier alpha value is -1.22. The van der Waals surface area contributed by atoms with Crippen molar-refractivity contribution in [3.8, 4) is 0 Å². The number of carbonyl (C=O) groups excluding carboxylic acids is 2. The Morgan fingerprint density at radius 1 is 0.432 bits per heavy atom. The quantitative estimate of drug-likeness (QED) is 0.0439. The van der Waals surface area contributed by atoms with Crippen LogP contribution in [0.4, 0.5) is 0 Å². The maximum atomic E-state index is 12.0. The third-order valence-electron chi connectivity index (χ3n) is 8.04. The summed E-state index contributed by atoms with van der Waals surface area (Å²) in [6.45, 7) is 15.0. The predicted octanol–water partition coefficient (Wildman–Crippen LogP) is 7.05. The summed E-state index contributed by atoms with van der Waals surface area (Å²) in [4.78, 5) is 24.1. The Bertz CT molecular complexity index is 571. The Kier molecular flexibility index (Phi) is 33.7. The van der Waals surface area contributed by atoms with Crippen LogP contribution in [0.25, 0.3) is 0 Å². The van der Waals surface area contributed by atoms with Gasteiger partial charge in [-0.3, -0.25) is 9.59 Å². The first-order valence-electron chi connectivity index (χ1n) is 18.7. The van der Waals surface area contributed by atoms with Gasteiger partial charge < -0.3 is 30.7 Å². The molecule has 0 aromatic rings. The lowest BCUT2D eigenvalue weighted by atomic mass is 10.1. The molecule has 0 aromatic carbocycles. The number of hydrogen-bond acceptors (Lipinski definition) is 8. The zero-order valence-corrected chi connectivity index (χ0v) is 29.6. The van der Waals surface area contributed by atoms with E-state index in [1.54, 1.807) is 0 Å². The number of unbranched alkanes of at least 4 members (excludes halogenated alkanes) is 14. The van der Waals surface area contributed by atoms with Gasteiger partial charge in [-0.05, 0) is 39.5 Å². The Morgan fingerprint density at radius 3 is 1.02 bits per heavy atom. The molecule has 8 heteroatoms. The first-order chi connectivity index (χ1) is 21.5. The van der Waals surface area contributed by atoms with Gasteiger partial charge in [-0.1, -0.05) is 104 Å². The summed E-state index contributed by atoms with van der Waals surface area (Å²) in [6.07, 6.45) is 23.6. The van der Waals surface area contributed by atoms with Gasteiger partial charge in [0.2, 0.25) is 0 Å². The van der Waals surface area contributed by atoms with Crippen LogP contribution >= 0.6 is 0 Å². The van der Waals surface area contributed by atoms with E-state index in [4.69, 9.17) is 9.47 Å². The van der Waals surface area contributed by atoms with E-state index in [2.05, 4.69) is 35.1 Å². The highest BCUT2D eigenvalue weighted by Gasteiger charge is 2.10. The molecule has 0 aliphatic heterocycles. The number of nitrogens with one attached hydrogen (secondary N) is 4. The van der Waals surface area contributed by atoms with Crippen LogP contribution in [0.15, 0.2) is 0 Å². The van der Waals surface area contributed by atoms with Gasteiger partial charge in [0, 0.05) is 52.4 Å². The molecule has 8 nitrogen and oxygen atoms in total. The van der Waals surface area contributed by atoms with Gasteiger partial charge in [0.25, 0.3) is 0 Å². The monoisotopic (exact) mass is 627 g/mol.